The predicted octanol–water partition coefficient (Wildman–Crippen LogP) is 3.31. The fourth-order valence-corrected chi connectivity index (χ4v) is 3.16. The molecule has 1 aliphatic rings. The Morgan fingerprint density at radius 2 is 1.56 bits per heavy atom. The fraction of sp³-hybridized carbons (Fsp3) is 0.350. The number of nitrogens with one attached hydrogen (secondary N) is 1. The number of amides is 2. The van der Waals surface area contributed by atoms with Crippen LogP contribution in [0.5, 0.6) is 23.0 Å². The summed E-state index contributed by atoms with van der Waals surface area (Å²) in [5.74, 6) is 2.59. The molecule has 0 fully saturated rings. The first-order valence-corrected chi connectivity index (χ1v) is 8.61. The summed E-state index contributed by atoms with van der Waals surface area (Å²) in [6.45, 7) is 1.11. The number of anilines is 1. The quantitative estimate of drug-likeness (QED) is 0.872. The number of ether oxygens (including phenoxy) is 4. The number of rotatable bonds is 5. The monoisotopic (exact) mass is 372 g/mol. The first kappa shape index (κ1) is 18.7. The van der Waals surface area contributed by atoms with Crippen molar-refractivity contribution in [2.75, 3.05) is 40.3 Å². The van der Waals surface area contributed by atoms with E-state index in [0.29, 0.717) is 41.8 Å². The Morgan fingerprint density at radius 3 is 2.19 bits per heavy atom. The minimum Gasteiger partial charge on any atom is -0.497 e. The fourth-order valence-electron chi connectivity index (χ4n) is 3.16. The molecule has 0 bridgehead atoms. The van der Waals surface area contributed by atoms with Gasteiger partial charge in [0.2, 0.25) is 0 Å². The van der Waals surface area contributed by atoms with E-state index in [1.165, 1.54) is 0 Å². The van der Waals surface area contributed by atoms with E-state index in [0.717, 1.165) is 17.5 Å². The first-order chi connectivity index (χ1) is 13.1. The lowest BCUT2D eigenvalue weighted by atomic mass is 9.99. The number of urea groups is 1. The number of fused-ring (bicyclic) bond motifs is 1. The van der Waals surface area contributed by atoms with Crippen LogP contribution in [0, 0.1) is 0 Å². The zero-order valence-electron chi connectivity index (χ0n) is 16.0. The van der Waals surface area contributed by atoms with Gasteiger partial charge in [-0.1, -0.05) is 0 Å². The molecule has 2 aromatic rings. The molecule has 3 rings (SSSR count). The first-order valence-electron chi connectivity index (χ1n) is 8.61. The number of methoxy groups -OCH3 is 4. The summed E-state index contributed by atoms with van der Waals surface area (Å²) >= 11 is 0. The van der Waals surface area contributed by atoms with Gasteiger partial charge >= 0.3 is 6.03 Å². The van der Waals surface area contributed by atoms with Crippen molar-refractivity contribution in [3.05, 3.63) is 41.5 Å². The molecule has 7 nitrogen and oxygen atoms in total. The van der Waals surface area contributed by atoms with Gasteiger partial charge in [-0.3, -0.25) is 0 Å². The highest BCUT2D eigenvalue weighted by Crippen LogP contribution is 2.34. The lowest BCUT2D eigenvalue weighted by Crippen LogP contribution is -2.39. The van der Waals surface area contributed by atoms with Crippen LogP contribution in [-0.2, 0) is 13.0 Å². The summed E-state index contributed by atoms with van der Waals surface area (Å²) in [5.41, 5.74) is 2.78. The third-order valence-corrected chi connectivity index (χ3v) is 4.65. The van der Waals surface area contributed by atoms with Gasteiger partial charge in [0.25, 0.3) is 0 Å². The molecular weight excluding hydrogens is 348 g/mol. The van der Waals surface area contributed by atoms with Crippen LogP contribution in [0.15, 0.2) is 30.3 Å². The minimum absolute atomic E-state index is 0.193. The molecule has 0 unspecified atom stereocenters. The zero-order chi connectivity index (χ0) is 19.4. The van der Waals surface area contributed by atoms with Gasteiger partial charge in [0, 0.05) is 19.2 Å². The SMILES string of the molecule is COc1ccc(OC)c(NC(=O)N2CCc3cc(OC)c(OC)cc3C2)c1. The van der Waals surface area contributed by atoms with E-state index in [4.69, 9.17) is 18.9 Å². The summed E-state index contributed by atoms with van der Waals surface area (Å²) in [6, 6.07) is 9.00. The number of carbonyl (C=O) groups is 1. The third-order valence-electron chi connectivity index (χ3n) is 4.65. The molecule has 2 amide bonds. The Labute approximate surface area is 158 Å². The summed E-state index contributed by atoms with van der Waals surface area (Å²) in [6.07, 6.45) is 0.748. The molecule has 0 saturated heterocycles. The second-order valence-corrected chi connectivity index (χ2v) is 6.14. The smallest absolute Gasteiger partial charge is 0.322 e. The summed E-state index contributed by atoms with van der Waals surface area (Å²) in [5, 5.41) is 2.91. The molecule has 27 heavy (non-hydrogen) atoms. The largest absolute Gasteiger partial charge is 0.497 e. The Bertz CT molecular complexity index is 837. The Kier molecular flexibility index (Phi) is 5.59. The predicted molar refractivity (Wildman–Crippen MR) is 102 cm³/mol. The molecule has 1 aliphatic heterocycles. The molecule has 1 N–H and O–H groups in total. The van der Waals surface area contributed by atoms with Crippen LogP contribution in [-0.4, -0.2) is 45.9 Å². The van der Waals surface area contributed by atoms with E-state index in [-0.39, 0.29) is 6.03 Å². The highest BCUT2D eigenvalue weighted by molar-refractivity contribution is 5.91. The Balaban J connectivity index is 1.78. The van der Waals surface area contributed by atoms with Crippen LogP contribution in [0.4, 0.5) is 10.5 Å². The van der Waals surface area contributed by atoms with Gasteiger partial charge in [0.1, 0.15) is 11.5 Å². The van der Waals surface area contributed by atoms with Crippen molar-refractivity contribution in [3.8, 4) is 23.0 Å². The molecule has 0 aromatic heterocycles. The second-order valence-electron chi connectivity index (χ2n) is 6.14. The molecule has 144 valence electrons. The molecule has 7 heteroatoms. The maximum absolute atomic E-state index is 12.8. The van der Waals surface area contributed by atoms with Crippen LogP contribution in [0.1, 0.15) is 11.1 Å². The maximum atomic E-state index is 12.8. The van der Waals surface area contributed by atoms with Crippen LogP contribution in [0.2, 0.25) is 0 Å². The van der Waals surface area contributed by atoms with Crippen molar-refractivity contribution in [3.63, 3.8) is 0 Å². The van der Waals surface area contributed by atoms with E-state index in [1.54, 1.807) is 51.5 Å². The van der Waals surface area contributed by atoms with Gasteiger partial charge in [0.05, 0.1) is 34.1 Å². The molecule has 1 heterocycles. The number of hydrogen-bond acceptors (Lipinski definition) is 5. The third kappa shape index (κ3) is 3.86. The standard InChI is InChI=1S/C20H24N2O5/c1-24-15-5-6-17(25-2)16(11-15)21-20(23)22-8-7-13-9-18(26-3)19(27-4)10-14(13)12-22/h5-6,9-11H,7-8,12H2,1-4H3,(H,21,23). The number of carbonyl (C=O) groups excluding carboxylic acids is 1. The minimum atomic E-state index is -0.193. The van der Waals surface area contributed by atoms with Crippen LogP contribution in [0.3, 0.4) is 0 Å². The number of hydrogen-bond donors (Lipinski definition) is 1. The van der Waals surface area contributed by atoms with E-state index in [1.807, 2.05) is 12.1 Å². The molecule has 0 spiro atoms. The van der Waals surface area contributed by atoms with E-state index >= 15 is 0 Å². The average molecular weight is 372 g/mol. The summed E-state index contributed by atoms with van der Waals surface area (Å²) < 4.78 is 21.3. The van der Waals surface area contributed by atoms with Crippen molar-refractivity contribution < 1.29 is 23.7 Å². The zero-order valence-corrected chi connectivity index (χ0v) is 16.0. The van der Waals surface area contributed by atoms with Crippen molar-refractivity contribution in [2.24, 2.45) is 0 Å². The number of benzene rings is 2. The van der Waals surface area contributed by atoms with E-state index < -0.39 is 0 Å². The maximum Gasteiger partial charge on any atom is 0.322 e. The van der Waals surface area contributed by atoms with E-state index in [2.05, 4.69) is 5.32 Å². The Hall–Kier alpha value is -3.09. The molecular formula is C20H24N2O5. The number of nitrogens with zero attached hydrogens (tertiary/aromatic N) is 1. The highest BCUT2D eigenvalue weighted by Gasteiger charge is 2.23. The average Bonchev–Trinajstić information content (AvgIpc) is 2.71. The van der Waals surface area contributed by atoms with Crippen LogP contribution >= 0.6 is 0 Å². The van der Waals surface area contributed by atoms with Gasteiger partial charge in [-0.05, 0) is 41.8 Å². The second kappa shape index (κ2) is 8.07. The van der Waals surface area contributed by atoms with Gasteiger partial charge in [-0.15, -0.1) is 0 Å². The van der Waals surface area contributed by atoms with Crippen molar-refractivity contribution in [1.82, 2.24) is 4.90 Å². The van der Waals surface area contributed by atoms with Gasteiger partial charge in [0.15, 0.2) is 11.5 Å². The van der Waals surface area contributed by atoms with E-state index in [9.17, 15) is 4.79 Å². The van der Waals surface area contributed by atoms with Gasteiger partial charge in [-0.2, -0.15) is 0 Å². The molecule has 2 aromatic carbocycles. The van der Waals surface area contributed by atoms with Crippen LogP contribution in [0.25, 0.3) is 0 Å². The van der Waals surface area contributed by atoms with Gasteiger partial charge in [-0.25, -0.2) is 4.79 Å². The Morgan fingerprint density at radius 1 is 0.889 bits per heavy atom. The summed E-state index contributed by atoms with van der Waals surface area (Å²) in [4.78, 5) is 14.5. The molecule has 0 radical (unpaired) electrons. The molecule has 0 atom stereocenters. The lowest BCUT2D eigenvalue weighted by Gasteiger charge is -2.30. The summed E-state index contributed by atoms with van der Waals surface area (Å²) in [7, 11) is 6.37. The van der Waals surface area contributed by atoms with Crippen molar-refractivity contribution >= 4 is 11.7 Å². The topological polar surface area (TPSA) is 69.3 Å². The van der Waals surface area contributed by atoms with Gasteiger partial charge < -0.3 is 29.2 Å². The van der Waals surface area contributed by atoms with Crippen molar-refractivity contribution in [2.45, 2.75) is 13.0 Å². The molecule has 0 aliphatic carbocycles. The highest BCUT2D eigenvalue weighted by atomic mass is 16.5. The normalized spacial score (nSPS) is 12.8. The molecule has 0 saturated carbocycles. The lowest BCUT2D eigenvalue weighted by molar-refractivity contribution is 0.206. The van der Waals surface area contributed by atoms with Crippen molar-refractivity contribution in [1.29, 1.82) is 0 Å². The van der Waals surface area contributed by atoms with Crippen LogP contribution < -0.4 is 24.3 Å².